The van der Waals surface area contributed by atoms with E-state index in [0.29, 0.717) is 0 Å². The first-order chi connectivity index (χ1) is 9.63. The van der Waals surface area contributed by atoms with Crippen molar-refractivity contribution in [1.29, 1.82) is 0 Å². The van der Waals surface area contributed by atoms with Crippen molar-refractivity contribution in [3.8, 4) is 0 Å². The molecule has 1 unspecified atom stereocenters. The van der Waals surface area contributed by atoms with Crippen molar-refractivity contribution in [3.05, 3.63) is 61.1 Å². The lowest BCUT2D eigenvalue weighted by Crippen LogP contribution is -1.98. The third-order valence-electron chi connectivity index (χ3n) is 2.99. The molecule has 0 aliphatic carbocycles. The molecular weight excluding hydrogens is 469 g/mol. The Balaban J connectivity index is 1.88. The van der Waals surface area contributed by atoms with Gasteiger partial charge in [-0.3, -0.25) is 0 Å². The van der Waals surface area contributed by atoms with Crippen LogP contribution in [0.3, 0.4) is 0 Å². The molecule has 2 aromatic carbocycles. The Bertz CT molecular complexity index is 725. The lowest BCUT2D eigenvalue weighted by Gasteiger charge is -2.10. The second kappa shape index (κ2) is 6.30. The second-order valence-corrected chi connectivity index (χ2v) is 8.13. The first kappa shape index (κ1) is 14.8. The Morgan fingerprint density at radius 1 is 1.25 bits per heavy atom. The molecule has 3 aromatic rings. The number of fused-ring (bicyclic) bond motifs is 1. The molecule has 0 saturated carbocycles. The number of para-hydroxylation sites is 1. The fourth-order valence-corrected chi connectivity index (χ4v) is 4.73. The highest BCUT2D eigenvalue weighted by Gasteiger charge is 2.15. The Morgan fingerprint density at radius 2 is 2.05 bits per heavy atom. The molecule has 102 valence electrons. The number of hydrogen-bond acceptors (Lipinski definition) is 2. The van der Waals surface area contributed by atoms with Gasteiger partial charge in [0.05, 0.1) is 20.6 Å². The lowest BCUT2D eigenvalue weighted by atomic mass is 10.1. The summed E-state index contributed by atoms with van der Waals surface area (Å²) in [6, 6.07) is 14.4. The van der Waals surface area contributed by atoms with Crippen molar-refractivity contribution in [2.24, 2.45) is 0 Å². The van der Waals surface area contributed by atoms with Gasteiger partial charge in [-0.2, -0.15) is 0 Å². The van der Waals surface area contributed by atoms with E-state index in [0.717, 1.165) is 27.0 Å². The Hall–Kier alpha value is -0.170. The zero-order valence-electron chi connectivity index (χ0n) is 10.3. The van der Waals surface area contributed by atoms with Crippen LogP contribution in [0.2, 0.25) is 0 Å². The van der Waals surface area contributed by atoms with Crippen LogP contribution in [0, 0.1) is 3.57 Å². The van der Waals surface area contributed by atoms with Crippen LogP contribution in [0.5, 0.6) is 0 Å². The van der Waals surface area contributed by atoms with Crippen molar-refractivity contribution in [3.63, 3.8) is 0 Å². The molecular formula is C15H10BrClINS. The molecule has 0 aliphatic rings. The Morgan fingerprint density at radius 3 is 2.85 bits per heavy atom. The van der Waals surface area contributed by atoms with Crippen LogP contribution in [0.15, 0.2) is 46.9 Å². The Kier molecular flexibility index (Phi) is 4.65. The third-order valence-corrected chi connectivity index (χ3v) is 5.91. The molecule has 1 aromatic heterocycles. The molecule has 0 amide bonds. The van der Waals surface area contributed by atoms with E-state index < -0.39 is 0 Å². The molecule has 0 aliphatic heterocycles. The van der Waals surface area contributed by atoms with Crippen molar-refractivity contribution >= 4 is 71.7 Å². The number of benzene rings is 2. The van der Waals surface area contributed by atoms with Gasteiger partial charge in [-0.1, -0.05) is 28.1 Å². The number of thiazole rings is 1. The second-order valence-electron chi connectivity index (χ2n) is 4.41. The predicted octanol–water partition coefficient (Wildman–Crippen LogP) is 6.19. The van der Waals surface area contributed by atoms with Gasteiger partial charge in [-0.15, -0.1) is 22.9 Å². The van der Waals surface area contributed by atoms with Crippen LogP contribution in [0.4, 0.5) is 0 Å². The highest BCUT2D eigenvalue weighted by Crippen LogP contribution is 2.33. The normalized spacial score (nSPS) is 12.8. The number of alkyl halides is 1. The summed E-state index contributed by atoms with van der Waals surface area (Å²) in [6.07, 6.45) is 0.757. The number of aromatic nitrogens is 1. The molecule has 5 heteroatoms. The number of rotatable bonds is 3. The molecule has 0 radical (unpaired) electrons. The minimum absolute atomic E-state index is 0.0556. The molecule has 1 heterocycles. The first-order valence-corrected chi connectivity index (χ1v) is 9.19. The summed E-state index contributed by atoms with van der Waals surface area (Å²) in [5, 5.41) is 1.03. The quantitative estimate of drug-likeness (QED) is 0.323. The van der Waals surface area contributed by atoms with Crippen molar-refractivity contribution in [2.75, 3.05) is 0 Å². The van der Waals surface area contributed by atoms with E-state index in [-0.39, 0.29) is 5.38 Å². The highest BCUT2D eigenvalue weighted by molar-refractivity contribution is 14.1. The van der Waals surface area contributed by atoms with E-state index in [1.54, 1.807) is 11.3 Å². The van der Waals surface area contributed by atoms with Crippen LogP contribution in [0.25, 0.3) is 10.2 Å². The van der Waals surface area contributed by atoms with Gasteiger partial charge in [-0.05, 0) is 58.5 Å². The van der Waals surface area contributed by atoms with E-state index >= 15 is 0 Å². The van der Waals surface area contributed by atoms with Crippen LogP contribution in [-0.4, -0.2) is 4.98 Å². The van der Waals surface area contributed by atoms with Crippen LogP contribution < -0.4 is 0 Å². The van der Waals surface area contributed by atoms with Gasteiger partial charge in [0, 0.05) is 14.5 Å². The van der Waals surface area contributed by atoms with Crippen LogP contribution in [-0.2, 0) is 6.42 Å². The van der Waals surface area contributed by atoms with Crippen molar-refractivity contribution < 1.29 is 0 Å². The van der Waals surface area contributed by atoms with Gasteiger partial charge in [0.1, 0.15) is 0 Å². The number of hydrogen-bond donors (Lipinski definition) is 0. The number of nitrogens with zero attached hydrogens (tertiary/aromatic N) is 1. The van der Waals surface area contributed by atoms with Gasteiger partial charge in [0.2, 0.25) is 0 Å². The molecule has 3 rings (SSSR count). The summed E-state index contributed by atoms with van der Waals surface area (Å²) in [7, 11) is 0. The minimum atomic E-state index is -0.0556. The van der Waals surface area contributed by atoms with Crippen LogP contribution >= 0.6 is 61.5 Å². The maximum absolute atomic E-state index is 6.59. The van der Waals surface area contributed by atoms with Gasteiger partial charge in [0.15, 0.2) is 0 Å². The Labute approximate surface area is 148 Å². The minimum Gasteiger partial charge on any atom is -0.241 e. The summed E-state index contributed by atoms with van der Waals surface area (Å²) < 4.78 is 3.46. The van der Waals surface area contributed by atoms with E-state index in [2.05, 4.69) is 61.7 Å². The summed E-state index contributed by atoms with van der Waals surface area (Å²) >= 11 is 14.1. The molecule has 0 saturated heterocycles. The average Bonchev–Trinajstić information content (AvgIpc) is 2.83. The summed E-state index contributed by atoms with van der Waals surface area (Å²) in [4.78, 5) is 4.65. The zero-order chi connectivity index (χ0) is 14.1. The number of halogens is 3. The molecule has 0 fully saturated rings. The van der Waals surface area contributed by atoms with E-state index in [9.17, 15) is 0 Å². The molecule has 0 spiro atoms. The van der Waals surface area contributed by atoms with Gasteiger partial charge >= 0.3 is 0 Å². The molecule has 1 atom stereocenters. The molecule has 20 heavy (non-hydrogen) atoms. The molecule has 0 bridgehead atoms. The largest absolute Gasteiger partial charge is 0.241 e. The maximum atomic E-state index is 6.59. The topological polar surface area (TPSA) is 12.9 Å². The smallest absolute Gasteiger partial charge is 0.0956 e. The SMILES string of the molecule is ClC(Cc1nc2ccccc2s1)c1cc(Br)ccc1I. The summed E-state index contributed by atoms with van der Waals surface area (Å²) in [6.45, 7) is 0. The van der Waals surface area contributed by atoms with Gasteiger partial charge < -0.3 is 0 Å². The first-order valence-electron chi connectivity index (χ1n) is 6.07. The summed E-state index contributed by atoms with van der Waals surface area (Å²) in [5.74, 6) is 0. The summed E-state index contributed by atoms with van der Waals surface area (Å²) in [5.41, 5.74) is 2.21. The van der Waals surface area contributed by atoms with E-state index in [1.807, 2.05) is 24.3 Å². The zero-order valence-corrected chi connectivity index (χ0v) is 15.6. The van der Waals surface area contributed by atoms with Crippen molar-refractivity contribution in [1.82, 2.24) is 4.98 Å². The predicted molar refractivity (Wildman–Crippen MR) is 98.8 cm³/mol. The van der Waals surface area contributed by atoms with E-state index in [1.165, 1.54) is 8.27 Å². The fourth-order valence-electron chi connectivity index (χ4n) is 2.03. The average molecular weight is 479 g/mol. The molecule has 1 nitrogen and oxygen atoms in total. The third kappa shape index (κ3) is 3.18. The van der Waals surface area contributed by atoms with Gasteiger partial charge in [-0.25, -0.2) is 4.98 Å². The molecule has 0 N–H and O–H groups in total. The monoisotopic (exact) mass is 477 g/mol. The fraction of sp³-hybridized carbons (Fsp3) is 0.133. The van der Waals surface area contributed by atoms with Crippen LogP contribution in [0.1, 0.15) is 15.9 Å². The van der Waals surface area contributed by atoms with Crippen molar-refractivity contribution in [2.45, 2.75) is 11.8 Å². The van der Waals surface area contributed by atoms with E-state index in [4.69, 9.17) is 11.6 Å². The highest BCUT2D eigenvalue weighted by atomic mass is 127. The standard InChI is InChI=1S/C15H10BrClINS/c16-9-5-6-12(18)10(7-9)11(17)8-15-19-13-3-1-2-4-14(13)20-15/h1-7,11H,8H2. The lowest BCUT2D eigenvalue weighted by molar-refractivity contribution is 0.904. The van der Waals surface area contributed by atoms with Gasteiger partial charge in [0.25, 0.3) is 0 Å². The maximum Gasteiger partial charge on any atom is 0.0956 e.